The second-order valence-corrected chi connectivity index (χ2v) is 4.61. The van der Waals surface area contributed by atoms with Crippen LogP contribution in [0.15, 0.2) is 28.8 Å². The van der Waals surface area contributed by atoms with Crippen LogP contribution >= 0.6 is 0 Å². The van der Waals surface area contributed by atoms with Crippen LogP contribution in [0.2, 0.25) is 0 Å². The summed E-state index contributed by atoms with van der Waals surface area (Å²) in [7, 11) is 0. The van der Waals surface area contributed by atoms with Gasteiger partial charge in [-0.15, -0.1) is 0 Å². The van der Waals surface area contributed by atoms with Crippen LogP contribution < -0.4 is 5.73 Å². The highest BCUT2D eigenvalue weighted by Crippen LogP contribution is 2.46. The van der Waals surface area contributed by atoms with Gasteiger partial charge in [0.15, 0.2) is 5.82 Å². The summed E-state index contributed by atoms with van der Waals surface area (Å²) in [5.74, 6) is 1.39. The monoisotopic (exact) mass is 215 g/mol. The van der Waals surface area contributed by atoms with Crippen molar-refractivity contribution in [2.75, 3.05) is 5.73 Å². The van der Waals surface area contributed by atoms with E-state index in [2.05, 4.69) is 17.1 Å². The Morgan fingerprint density at radius 1 is 1.25 bits per heavy atom. The second kappa shape index (κ2) is 3.07. The zero-order valence-corrected chi connectivity index (χ0v) is 9.10. The quantitative estimate of drug-likeness (QED) is 0.781. The smallest absolute Gasteiger partial charge is 0.257 e. The molecule has 82 valence electrons. The van der Waals surface area contributed by atoms with Gasteiger partial charge in [-0.05, 0) is 37.1 Å². The molecule has 1 aliphatic carbocycles. The molecule has 1 heterocycles. The number of nitrogens with zero attached hydrogens (tertiary/aromatic N) is 2. The minimum absolute atomic E-state index is 0.148. The number of nitrogens with two attached hydrogens (primary N) is 1. The molecule has 3 rings (SSSR count). The van der Waals surface area contributed by atoms with Crippen molar-refractivity contribution in [2.24, 2.45) is 0 Å². The zero-order valence-electron chi connectivity index (χ0n) is 9.10. The molecule has 1 aliphatic rings. The van der Waals surface area contributed by atoms with Crippen molar-refractivity contribution < 1.29 is 4.52 Å². The zero-order chi connectivity index (χ0) is 11.2. The second-order valence-electron chi connectivity index (χ2n) is 4.61. The van der Waals surface area contributed by atoms with Gasteiger partial charge in [0.05, 0.1) is 0 Å². The number of hydrogen-bond donors (Lipinski definition) is 1. The number of hydrogen-bond acceptors (Lipinski definition) is 4. The van der Waals surface area contributed by atoms with E-state index in [1.165, 1.54) is 0 Å². The Morgan fingerprint density at radius 2 is 1.94 bits per heavy atom. The first-order chi connectivity index (χ1) is 7.67. The van der Waals surface area contributed by atoms with E-state index in [9.17, 15) is 0 Å². The first-order valence-corrected chi connectivity index (χ1v) is 5.37. The number of nitrogen functional groups attached to an aromatic ring is 1. The van der Waals surface area contributed by atoms with Crippen LogP contribution in [-0.4, -0.2) is 10.1 Å². The fourth-order valence-corrected chi connectivity index (χ4v) is 1.62. The van der Waals surface area contributed by atoms with Crippen molar-refractivity contribution in [3.8, 4) is 11.5 Å². The summed E-state index contributed by atoms with van der Waals surface area (Å²) in [4.78, 5) is 4.43. The van der Waals surface area contributed by atoms with Gasteiger partial charge in [-0.25, -0.2) is 0 Å². The van der Waals surface area contributed by atoms with Gasteiger partial charge in [-0.3, -0.25) is 0 Å². The molecule has 1 aromatic heterocycles. The molecule has 0 unspecified atom stereocenters. The van der Waals surface area contributed by atoms with Gasteiger partial charge in [0.2, 0.25) is 0 Å². The largest absolute Gasteiger partial charge is 0.399 e. The fourth-order valence-electron chi connectivity index (χ4n) is 1.62. The van der Waals surface area contributed by atoms with Gasteiger partial charge in [-0.1, -0.05) is 12.1 Å². The Bertz CT molecular complexity index is 511. The molecule has 1 saturated carbocycles. The normalized spacial score (nSPS) is 17.3. The Hall–Kier alpha value is -1.84. The van der Waals surface area contributed by atoms with Crippen molar-refractivity contribution in [1.82, 2.24) is 10.1 Å². The summed E-state index contributed by atoms with van der Waals surface area (Å²) in [5.41, 5.74) is 7.42. The highest BCUT2D eigenvalue weighted by atomic mass is 16.5. The van der Waals surface area contributed by atoms with E-state index in [4.69, 9.17) is 10.3 Å². The lowest BCUT2D eigenvalue weighted by Gasteiger charge is -1.97. The van der Waals surface area contributed by atoms with Crippen LogP contribution in [-0.2, 0) is 5.41 Å². The average Bonchev–Trinajstić information content (AvgIpc) is 2.84. The van der Waals surface area contributed by atoms with Gasteiger partial charge >= 0.3 is 0 Å². The van der Waals surface area contributed by atoms with Gasteiger partial charge < -0.3 is 10.3 Å². The lowest BCUT2D eigenvalue weighted by molar-refractivity contribution is 0.416. The van der Waals surface area contributed by atoms with Crippen LogP contribution in [0.3, 0.4) is 0 Å². The molecule has 0 aliphatic heterocycles. The molecule has 0 spiro atoms. The first-order valence-electron chi connectivity index (χ1n) is 5.37. The molecule has 16 heavy (non-hydrogen) atoms. The lowest BCUT2D eigenvalue weighted by atomic mass is 10.1. The third kappa shape index (κ3) is 1.46. The molecule has 0 saturated heterocycles. The third-order valence-corrected chi connectivity index (χ3v) is 3.12. The topological polar surface area (TPSA) is 64.9 Å². The van der Waals surface area contributed by atoms with Crippen LogP contribution in [0.4, 0.5) is 5.69 Å². The van der Waals surface area contributed by atoms with Crippen molar-refractivity contribution in [1.29, 1.82) is 0 Å². The maximum absolute atomic E-state index is 5.62. The first kappa shape index (κ1) is 9.39. The molecule has 0 atom stereocenters. The number of anilines is 1. The number of aromatic nitrogens is 2. The van der Waals surface area contributed by atoms with Crippen LogP contribution in [0.1, 0.15) is 25.6 Å². The summed E-state index contributed by atoms with van der Waals surface area (Å²) >= 11 is 0. The summed E-state index contributed by atoms with van der Waals surface area (Å²) in [6.07, 6.45) is 2.29. The maximum atomic E-state index is 5.62. The SMILES string of the molecule is CC1(c2noc(-c3ccc(N)cc3)n2)CC1. The molecule has 2 N–H and O–H groups in total. The predicted molar refractivity (Wildman–Crippen MR) is 60.7 cm³/mol. The van der Waals surface area contributed by atoms with E-state index >= 15 is 0 Å². The molecule has 2 aromatic rings. The molecular formula is C12H13N3O. The van der Waals surface area contributed by atoms with E-state index < -0.39 is 0 Å². The van der Waals surface area contributed by atoms with Crippen LogP contribution in [0, 0.1) is 0 Å². The molecule has 1 aromatic carbocycles. The Balaban J connectivity index is 1.95. The van der Waals surface area contributed by atoms with E-state index in [1.807, 2.05) is 24.3 Å². The minimum atomic E-state index is 0.148. The molecule has 4 nitrogen and oxygen atoms in total. The molecule has 0 bridgehead atoms. The van der Waals surface area contributed by atoms with Gasteiger partial charge in [-0.2, -0.15) is 4.98 Å². The number of benzene rings is 1. The van der Waals surface area contributed by atoms with Gasteiger partial charge in [0.25, 0.3) is 5.89 Å². The fraction of sp³-hybridized carbons (Fsp3) is 0.333. The minimum Gasteiger partial charge on any atom is -0.399 e. The van der Waals surface area contributed by atoms with Crippen LogP contribution in [0.5, 0.6) is 0 Å². The summed E-state index contributed by atoms with van der Waals surface area (Å²) in [5, 5.41) is 4.03. The Labute approximate surface area is 93.5 Å². The molecule has 1 fully saturated rings. The van der Waals surface area contributed by atoms with E-state index in [-0.39, 0.29) is 5.41 Å². The van der Waals surface area contributed by atoms with Crippen molar-refractivity contribution >= 4 is 5.69 Å². The summed E-state index contributed by atoms with van der Waals surface area (Å²) in [6.45, 7) is 2.16. The van der Waals surface area contributed by atoms with E-state index in [0.29, 0.717) is 5.89 Å². The van der Waals surface area contributed by atoms with Crippen molar-refractivity contribution in [3.63, 3.8) is 0 Å². The molecule has 0 amide bonds. The number of rotatable bonds is 2. The highest BCUT2D eigenvalue weighted by molar-refractivity contribution is 5.57. The summed E-state index contributed by atoms with van der Waals surface area (Å²) < 4.78 is 5.26. The lowest BCUT2D eigenvalue weighted by Crippen LogP contribution is -2.01. The van der Waals surface area contributed by atoms with Gasteiger partial charge in [0, 0.05) is 16.7 Å². The average molecular weight is 215 g/mol. The molecule has 0 radical (unpaired) electrons. The van der Waals surface area contributed by atoms with Crippen LogP contribution in [0.25, 0.3) is 11.5 Å². The predicted octanol–water partition coefficient (Wildman–Crippen LogP) is 2.37. The third-order valence-electron chi connectivity index (χ3n) is 3.12. The standard InChI is InChI=1S/C12H13N3O/c1-12(6-7-12)11-14-10(16-15-11)8-2-4-9(13)5-3-8/h2-5H,6-7,13H2,1H3. The van der Waals surface area contributed by atoms with E-state index in [0.717, 1.165) is 29.9 Å². The summed E-state index contributed by atoms with van der Waals surface area (Å²) in [6, 6.07) is 7.44. The van der Waals surface area contributed by atoms with Crippen molar-refractivity contribution in [2.45, 2.75) is 25.2 Å². The van der Waals surface area contributed by atoms with E-state index in [1.54, 1.807) is 0 Å². The molecular weight excluding hydrogens is 202 g/mol. The van der Waals surface area contributed by atoms with Crippen molar-refractivity contribution in [3.05, 3.63) is 30.1 Å². The Morgan fingerprint density at radius 3 is 2.56 bits per heavy atom. The highest BCUT2D eigenvalue weighted by Gasteiger charge is 2.43. The maximum Gasteiger partial charge on any atom is 0.257 e. The molecule has 4 heteroatoms. The Kier molecular flexibility index (Phi) is 1.80. The van der Waals surface area contributed by atoms with Gasteiger partial charge in [0.1, 0.15) is 0 Å².